The van der Waals surface area contributed by atoms with Crippen molar-refractivity contribution < 1.29 is 9.13 Å². The van der Waals surface area contributed by atoms with Gasteiger partial charge in [-0.3, -0.25) is 14.7 Å². The van der Waals surface area contributed by atoms with Crippen LogP contribution in [0.25, 0.3) is 0 Å². The molecule has 2 aromatic heterocycles. The van der Waals surface area contributed by atoms with Gasteiger partial charge in [0.15, 0.2) is 0 Å². The van der Waals surface area contributed by atoms with Crippen molar-refractivity contribution in [1.29, 1.82) is 0 Å². The first-order valence-corrected chi connectivity index (χ1v) is 7.64. The van der Waals surface area contributed by atoms with Crippen molar-refractivity contribution in [3.63, 3.8) is 0 Å². The van der Waals surface area contributed by atoms with E-state index in [9.17, 15) is 9.18 Å². The van der Waals surface area contributed by atoms with Gasteiger partial charge in [0.05, 0.1) is 25.2 Å². The van der Waals surface area contributed by atoms with Crippen molar-refractivity contribution in [2.45, 2.75) is 13.0 Å². The van der Waals surface area contributed by atoms with Gasteiger partial charge in [0.1, 0.15) is 5.82 Å². The Morgan fingerprint density at radius 1 is 1.43 bits per heavy atom. The largest absolute Gasteiger partial charge is 0.380 e. The van der Waals surface area contributed by atoms with Crippen molar-refractivity contribution in [2.75, 3.05) is 26.3 Å². The van der Waals surface area contributed by atoms with Crippen LogP contribution in [0.2, 0.25) is 0 Å². The first-order chi connectivity index (χ1) is 11.2. The average molecular weight is 318 g/mol. The molecule has 3 heterocycles. The van der Waals surface area contributed by atoms with Crippen molar-refractivity contribution >= 4 is 0 Å². The molecular formula is C16H19FN4O2. The number of pyridine rings is 1. The Balaban J connectivity index is 1.66. The van der Waals surface area contributed by atoms with E-state index in [4.69, 9.17) is 4.74 Å². The highest BCUT2D eigenvalue weighted by Gasteiger charge is 2.21. The molecule has 0 aromatic carbocycles. The minimum Gasteiger partial charge on any atom is -0.380 e. The Morgan fingerprint density at radius 3 is 3.17 bits per heavy atom. The first kappa shape index (κ1) is 15.8. The van der Waals surface area contributed by atoms with Crippen LogP contribution in [0.5, 0.6) is 0 Å². The van der Waals surface area contributed by atoms with Gasteiger partial charge >= 0.3 is 0 Å². The monoisotopic (exact) mass is 318 g/mol. The fourth-order valence-corrected chi connectivity index (χ4v) is 2.78. The molecule has 0 amide bonds. The summed E-state index contributed by atoms with van der Waals surface area (Å²) in [5, 5.41) is 0. The van der Waals surface area contributed by atoms with Crippen LogP contribution in [0.3, 0.4) is 0 Å². The number of H-pyrrole nitrogens is 1. The van der Waals surface area contributed by atoms with E-state index in [0.29, 0.717) is 31.9 Å². The minimum absolute atomic E-state index is 0.156. The van der Waals surface area contributed by atoms with E-state index in [1.807, 2.05) is 0 Å². The third-order valence-electron chi connectivity index (χ3n) is 3.86. The summed E-state index contributed by atoms with van der Waals surface area (Å²) in [6.07, 6.45) is 3.67. The summed E-state index contributed by atoms with van der Waals surface area (Å²) in [7, 11) is 0. The van der Waals surface area contributed by atoms with Crippen molar-refractivity contribution in [3.05, 3.63) is 58.3 Å². The first-order valence-electron chi connectivity index (χ1n) is 7.64. The predicted molar refractivity (Wildman–Crippen MR) is 82.3 cm³/mol. The van der Waals surface area contributed by atoms with E-state index in [1.54, 1.807) is 12.3 Å². The van der Waals surface area contributed by atoms with E-state index >= 15 is 0 Å². The number of hydrogen-bond donors (Lipinski definition) is 1. The average Bonchev–Trinajstić information content (AvgIpc) is 2.75. The molecule has 23 heavy (non-hydrogen) atoms. The van der Waals surface area contributed by atoms with Crippen LogP contribution >= 0.6 is 0 Å². The maximum absolute atomic E-state index is 13.8. The Kier molecular flexibility index (Phi) is 5.09. The lowest BCUT2D eigenvalue weighted by atomic mass is 10.0. The highest BCUT2D eigenvalue weighted by Crippen LogP contribution is 2.15. The molecule has 0 aliphatic carbocycles. The maximum Gasteiger partial charge on any atom is 0.250 e. The predicted octanol–water partition coefficient (Wildman–Crippen LogP) is 0.995. The second-order valence-electron chi connectivity index (χ2n) is 5.71. The van der Waals surface area contributed by atoms with Crippen molar-refractivity contribution in [2.24, 2.45) is 5.92 Å². The number of rotatable bonds is 4. The number of aromatic nitrogens is 3. The molecule has 1 aliphatic rings. The molecule has 0 spiro atoms. The molecule has 0 radical (unpaired) electrons. The summed E-state index contributed by atoms with van der Waals surface area (Å²) < 4.78 is 19.4. The Morgan fingerprint density at radius 2 is 2.35 bits per heavy atom. The van der Waals surface area contributed by atoms with Crippen LogP contribution in [0, 0.1) is 11.7 Å². The summed E-state index contributed by atoms with van der Waals surface area (Å²) in [4.78, 5) is 24.3. The highest BCUT2D eigenvalue weighted by molar-refractivity contribution is 5.07. The third kappa shape index (κ3) is 4.43. The van der Waals surface area contributed by atoms with E-state index in [2.05, 4.69) is 19.9 Å². The number of nitrogens with zero attached hydrogens (tertiary/aromatic N) is 3. The lowest BCUT2D eigenvalue weighted by Gasteiger charge is -2.22. The molecule has 0 bridgehead atoms. The SMILES string of the molecule is O=c1cc(C[C@@H]2COCCN(Cc3ncccc3F)C2)nc[nH]1. The fraction of sp³-hybridized carbons (Fsp3) is 0.438. The van der Waals surface area contributed by atoms with Gasteiger partial charge in [-0.2, -0.15) is 0 Å². The molecule has 122 valence electrons. The summed E-state index contributed by atoms with van der Waals surface area (Å²) in [6, 6.07) is 4.52. The molecule has 6 nitrogen and oxygen atoms in total. The summed E-state index contributed by atoms with van der Waals surface area (Å²) >= 11 is 0. The molecule has 7 heteroatoms. The molecule has 0 saturated carbocycles. The van der Waals surface area contributed by atoms with E-state index in [-0.39, 0.29) is 17.3 Å². The Hall–Kier alpha value is -2.12. The molecule has 1 N–H and O–H groups in total. The van der Waals surface area contributed by atoms with Gasteiger partial charge in [0.2, 0.25) is 0 Å². The topological polar surface area (TPSA) is 71.1 Å². The molecule has 3 rings (SSSR count). The molecule has 0 unspecified atom stereocenters. The van der Waals surface area contributed by atoms with Crippen LogP contribution in [0.4, 0.5) is 4.39 Å². The molecule has 1 saturated heterocycles. The van der Waals surface area contributed by atoms with Gasteiger partial charge in [0.25, 0.3) is 5.56 Å². The zero-order chi connectivity index (χ0) is 16.1. The Labute approximate surface area is 133 Å². The number of hydrogen-bond acceptors (Lipinski definition) is 5. The fourth-order valence-electron chi connectivity index (χ4n) is 2.78. The smallest absolute Gasteiger partial charge is 0.250 e. The lowest BCUT2D eigenvalue weighted by molar-refractivity contribution is 0.121. The zero-order valence-electron chi connectivity index (χ0n) is 12.7. The number of ether oxygens (including phenoxy) is 1. The normalized spacial score (nSPS) is 19.4. The number of aromatic amines is 1. The second-order valence-corrected chi connectivity index (χ2v) is 5.71. The van der Waals surface area contributed by atoms with Crippen LogP contribution in [-0.2, 0) is 17.7 Å². The molecule has 1 aliphatic heterocycles. The summed E-state index contributed by atoms with van der Waals surface area (Å²) in [5.41, 5.74) is 1.03. The molecule has 2 aromatic rings. The highest BCUT2D eigenvalue weighted by atomic mass is 19.1. The van der Waals surface area contributed by atoms with Gasteiger partial charge < -0.3 is 9.72 Å². The van der Waals surface area contributed by atoms with Crippen LogP contribution in [-0.4, -0.2) is 46.2 Å². The van der Waals surface area contributed by atoms with Crippen LogP contribution in [0.1, 0.15) is 11.4 Å². The molecular weight excluding hydrogens is 299 g/mol. The molecule has 1 fully saturated rings. The van der Waals surface area contributed by atoms with E-state index in [1.165, 1.54) is 18.5 Å². The van der Waals surface area contributed by atoms with Gasteiger partial charge in [0, 0.05) is 43.5 Å². The third-order valence-corrected chi connectivity index (χ3v) is 3.86. The van der Waals surface area contributed by atoms with Gasteiger partial charge in [-0.15, -0.1) is 0 Å². The van der Waals surface area contributed by atoms with Crippen LogP contribution in [0.15, 0.2) is 35.5 Å². The lowest BCUT2D eigenvalue weighted by Crippen LogP contribution is -2.31. The Bertz CT molecular complexity index is 706. The van der Waals surface area contributed by atoms with Gasteiger partial charge in [-0.05, 0) is 18.6 Å². The van der Waals surface area contributed by atoms with E-state index in [0.717, 1.165) is 18.8 Å². The van der Waals surface area contributed by atoms with Crippen LogP contribution < -0.4 is 5.56 Å². The van der Waals surface area contributed by atoms with Gasteiger partial charge in [-0.1, -0.05) is 0 Å². The summed E-state index contributed by atoms with van der Waals surface area (Å²) in [5.74, 6) is -0.0796. The summed E-state index contributed by atoms with van der Waals surface area (Å²) in [6.45, 7) is 3.15. The second kappa shape index (κ2) is 7.43. The zero-order valence-corrected chi connectivity index (χ0v) is 12.7. The molecule has 1 atom stereocenters. The number of nitrogens with one attached hydrogen (secondary N) is 1. The minimum atomic E-state index is -0.287. The standard InChI is InChI=1S/C16H19FN4O2/c17-14-2-1-3-18-15(14)9-21-4-5-23-10-12(8-21)6-13-7-16(22)20-11-19-13/h1-3,7,11-12H,4-6,8-10H2,(H,19,20,22)/t12-/m0/s1. The van der Waals surface area contributed by atoms with Gasteiger partial charge in [-0.25, -0.2) is 9.37 Å². The quantitative estimate of drug-likeness (QED) is 0.910. The van der Waals surface area contributed by atoms with Crippen molar-refractivity contribution in [3.8, 4) is 0 Å². The van der Waals surface area contributed by atoms with Crippen molar-refractivity contribution in [1.82, 2.24) is 19.9 Å². The maximum atomic E-state index is 13.8. The number of halogens is 1. The van der Waals surface area contributed by atoms with E-state index < -0.39 is 0 Å².